The number of ether oxygens (including phenoxy) is 3. The minimum absolute atomic E-state index is 0.00715. The molecule has 7 nitrogen and oxygen atoms in total. The van der Waals surface area contributed by atoms with E-state index in [2.05, 4.69) is 15.9 Å². The average molecular weight is 372 g/mol. The number of carbonyl (C=O) groups excluding carboxylic acids is 1. The molecule has 0 spiro atoms. The van der Waals surface area contributed by atoms with Gasteiger partial charge in [-0.2, -0.15) is 0 Å². The van der Waals surface area contributed by atoms with Crippen LogP contribution in [0.4, 0.5) is 0 Å². The Bertz CT molecular complexity index is 620. The molecule has 0 bridgehead atoms. The van der Waals surface area contributed by atoms with Crippen molar-refractivity contribution in [2.75, 3.05) is 33.0 Å². The zero-order chi connectivity index (χ0) is 15.7. The molecule has 1 aromatic rings. The largest absolute Gasteiger partial charge is 0.486 e. The van der Waals surface area contributed by atoms with Crippen LogP contribution in [0.1, 0.15) is 10.4 Å². The van der Waals surface area contributed by atoms with E-state index in [9.17, 15) is 14.7 Å². The third-order valence-electron chi connectivity index (χ3n) is 3.52. The van der Waals surface area contributed by atoms with Crippen molar-refractivity contribution >= 4 is 27.8 Å². The van der Waals surface area contributed by atoms with Gasteiger partial charge in [0.1, 0.15) is 13.2 Å². The van der Waals surface area contributed by atoms with Gasteiger partial charge in [-0.1, -0.05) is 0 Å². The van der Waals surface area contributed by atoms with E-state index in [-0.39, 0.29) is 19.1 Å². The Morgan fingerprint density at radius 2 is 2.00 bits per heavy atom. The molecule has 1 atom stereocenters. The van der Waals surface area contributed by atoms with Crippen LogP contribution in [0, 0.1) is 0 Å². The van der Waals surface area contributed by atoms with Crippen molar-refractivity contribution in [3.63, 3.8) is 0 Å². The van der Waals surface area contributed by atoms with E-state index in [4.69, 9.17) is 14.2 Å². The Morgan fingerprint density at radius 1 is 1.23 bits per heavy atom. The molecule has 0 saturated carbocycles. The molecule has 2 aliphatic rings. The lowest BCUT2D eigenvalue weighted by Crippen LogP contribution is -2.52. The minimum atomic E-state index is -1.08. The van der Waals surface area contributed by atoms with Gasteiger partial charge in [-0.15, -0.1) is 0 Å². The third kappa shape index (κ3) is 2.76. The molecule has 0 radical (unpaired) electrons. The Morgan fingerprint density at radius 3 is 2.77 bits per heavy atom. The number of carboxylic acids is 1. The fourth-order valence-electron chi connectivity index (χ4n) is 2.45. The van der Waals surface area contributed by atoms with E-state index >= 15 is 0 Å². The highest BCUT2D eigenvalue weighted by Crippen LogP contribution is 2.38. The first-order chi connectivity index (χ1) is 10.6. The quantitative estimate of drug-likeness (QED) is 0.838. The highest BCUT2D eigenvalue weighted by atomic mass is 79.9. The van der Waals surface area contributed by atoms with E-state index in [0.717, 1.165) is 0 Å². The maximum Gasteiger partial charge on any atom is 0.328 e. The van der Waals surface area contributed by atoms with Gasteiger partial charge in [0, 0.05) is 12.1 Å². The molecule has 2 aliphatic heterocycles. The van der Waals surface area contributed by atoms with Crippen LogP contribution in [0.3, 0.4) is 0 Å². The molecule has 0 aliphatic carbocycles. The summed E-state index contributed by atoms with van der Waals surface area (Å²) in [6.07, 6.45) is 0. The molecule has 3 rings (SSSR count). The minimum Gasteiger partial charge on any atom is -0.486 e. The topological polar surface area (TPSA) is 85.3 Å². The van der Waals surface area contributed by atoms with Crippen LogP contribution in [-0.4, -0.2) is 60.9 Å². The van der Waals surface area contributed by atoms with Gasteiger partial charge in [-0.3, -0.25) is 4.79 Å². The van der Waals surface area contributed by atoms with Crippen molar-refractivity contribution in [3.8, 4) is 11.5 Å². The summed E-state index contributed by atoms with van der Waals surface area (Å²) >= 11 is 3.35. The predicted octanol–water partition coefficient (Wildman–Crippen LogP) is 1.15. The van der Waals surface area contributed by atoms with Gasteiger partial charge < -0.3 is 24.2 Å². The number of morpholine rings is 1. The zero-order valence-corrected chi connectivity index (χ0v) is 13.2. The lowest BCUT2D eigenvalue weighted by atomic mass is 10.1. The molecule has 1 aromatic carbocycles. The van der Waals surface area contributed by atoms with Crippen molar-refractivity contribution in [1.29, 1.82) is 0 Å². The fraction of sp³-hybridized carbons (Fsp3) is 0.429. The summed E-state index contributed by atoms with van der Waals surface area (Å²) < 4.78 is 16.7. The number of carbonyl (C=O) groups is 2. The number of benzene rings is 1. The van der Waals surface area contributed by atoms with Gasteiger partial charge in [-0.25, -0.2) is 4.79 Å². The predicted molar refractivity (Wildman–Crippen MR) is 78.4 cm³/mol. The number of amides is 1. The van der Waals surface area contributed by atoms with Gasteiger partial charge in [0.05, 0.1) is 17.7 Å². The van der Waals surface area contributed by atoms with Crippen molar-refractivity contribution in [1.82, 2.24) is 4.90 Å². The van der Waals surface area contributed by atoms with Crippen LogP contribution in [-0.2, 0) is 9.53 Å². The van der Waals surface area contributed by atoms with Crippen LogP contribution in [0.15, 0.2) is 16.6 Å². The van der Waals surface area contributed by atoms with E-state index < -0.39 is 12.0 Å². The summed E-state index contributed by atoms with van der Waals surface area (Å²) in [5, 5.41) is 9.22. The second kappa shape index (κ2) is 6.13. The van der Waals surface area contributed by atoms with Crippen molar-refractivity contribution in [3.05, 3.63) is 22.2 Å². The molecule has 1 unspecified atom stereocenters. The summed E-state index contributed by atoms with van der Waals surface area (Å²) in [6.45, 7) is 1.41. The second-order valence-corrected chi connectivity index (χ2v) is 5.76. The smallest absolute Gasteiger partial charge is 0.328 e. The maximum atomic E-state index is 12.6. The summed E-state index contributed by atoms with van der Waals surface area (Å²) in [5.41, 5.74) is 0.351. The lowest BCUT2D eigenvalue weighted by Gasteiger charge is -2.33. The Hall–Kier alpha value is -1.80. The van der Waals surface area contributed by atoms with E-state index in [1.165, 1.54) is 4.90 Å². The summed E-state index contributed by atoms with van der Waals surface area (Å²) in [6, 6.07) is 2.22. The molecule has 22 heavy (non-hydrogen) atoms. The van der Waals surface area contributed by atoms with E-state index in [1.807, 2.05) is 0 Å². The van der Waals surface area contributed by atoms with E-state index in [1.54, 1.807) is 12.1 Å². The number of hydrogen-bond acceptors (Lipinski definition) is 5. The Kier molecular flexibility index (Phi) is 4.21. The molecular formula is C14H14BrNO6. The normalized spacial score (nSPS) is 20.6. The fourth-order valence-corrected chi connectivity index (χ4v) is 3.01. The van der Waals surface area contributed by atoms with Crippen LogP contribution in [0.5, 0.6) is 11.5 Å². The molecule has 2 heterocycles. The van der Waals surface area contributed by atoms with Gasteiger partial charge >= 0.3 is 5.97 Å². The SMILES string of the molecule is O=C(O)C1COCCN1C(=O)c1cc(Br)c2c(c1)OCCO2. The molecule has 1 N–H and O–H groups in total. The third-order valence-corrected chi connectivity index (χ3v) is 4.11. The van der Waals surface area contributed by atoms with Crippen LogP contribution in [0.25, 0.3) is 0 Å². The van der Waals surface area contributed by atoms with Crippen molar-refractivity contribution in [2.24, 2.45) is 0 Å². The number of aliphatic carboxylic acids is 1. The monoisotopic (exact) mass is 371 g/mol. The Labute approximate surface area is 134 Å². The second-order valence-electron chi connectivity index (χ2n) is 4.91. The maximum absolute atomic E-state index is 12.6. The Balaban J connectivity index is 1.91. The number of hydrogen-bond donors (Lipinski definition) is 1. The highest BCUT2D eigenvalue weighted by molar-refractivity contribution is 9.10. The molecule has 118 valence electrons. The average Bonchev–Trinajstić information content (AvgIpc) is 2.54. The molecule has 1 saturated heterocycles. The highest BCUT2D eigenvalue weighted by Gasteiger charge is 2.34. The lowest BCUT2D eigenvalue weighted by molar-refractivity contribution is -0.147. The molecule has 1 amide bonds. The van der Waals surface area contributed by atoms with Gasteiger partial charge in [0.15, 0.2) is 17.5 Å². The molecule has 8 heteroatoms. The molecular weight excluding hydrogens is 358 g/mol. The first-order valence-corrected chi connectivity index (χ1v) is 7.58. The first-order valence-electron chi connectivity index (χ1n) is 6.78. The summed E-state index contributed by atoms with van der Waals surface area (Å²) in [7, 11) is 0. The summed E-state index contributed by atoms with van der Waals surface area (Å²) in [4.78, 5) is 25.2. The van der Waals surface area contributed by atoms with Crippen molar-refractivity contribution < 1.29 is 28.9 Å². The molecule has 0 aromatic heterocycles. The number of rotatable bonds is 2. The number of halogens is 1. The van der Waals surface area contributed by atoms with Gasteiger partial charge in [0.25, 0.3) is 5.91 Å². The van der Waals surface area contributed by atoms with Crippen LogP contribution >= 0.6 is 15.9 Å². The van der Waals surface area contributed by atoms with Gasteiger partial charge in [0.2, 0.25) is 0 Å². The first kappa shape index (κ1) is 15.1. The summed E-state index contributed by atoms with van der Waals surface area (Å²) in [5.74, 6) is -0.415. The number of nitrogens with zero attached hydrogens (tertiary/aromatic N) is 1. The standard InChI is InChI=1S/C14H14BrNO6/c15-9-5-8(6-11-12(9)22-4-3-21-11)13(17)16-1-2-20-7-10(16)14(18)19/h5-6,10H,1-4,7H2,(H,18,19). The van der Waals surface area contributed by atoms with Crippen LogP contribution in [0.2, 0.25) is 0 Å². The van der Waals surface area contributed by atoms with Crippen molar-refractivity contribution in [2.45, 2.75) is 6.04 Å². The van der Waals surface area contributed by atoms with Gasteiger partial charge in [-0.05, 0) is 28.1 Å². The zero-order valence-electron chi connectivity index (χ0n) is 11.6. The number of carboxylic acid groups (broad SMARTS) is 1. The van der Waals surface area contributed by atoms with E-state index in [0.29, 0.717) is 41.4 Å². The van der Waals surface area contributed by atoms with Crippen LogP contribution < -0.4 is 9.47 Å². The molecule has 1 fully saturated rings. The number of fused-ring (bicyclic) bond motifs is 1.